The van der Waals surface area contributed by atoms with Gasteiger partial charge in [-0.25, -0.2) is 14.8 Å². The smallest absolute Gasteiger partial charge is 0.360 e. The first-order chi connectivity index (χ1) is 28.0. The Morgan fingerprint density at radius 2 is 1.22 bits per heavy atom. The second kappa shape index (κ2) is 16.3. The van der Waals surface area contributed by atoms with E-state index < -0.39 is 34.4 Å². The predicted molar refractivity (Wildman–Crippen MR) is 216 cm³/mol. The van der Waals surface area contributed by atoms with E-state index in [2.05, 4.69) is 24.5 Å². The van der Waals surface area contributed by atoms with Crippen LogP contribution in [0.15, 0.2) is 64.2 Å². The molecule has 300 valence electrons. The van der Waals surface area contributed by atoms with E-state index in [-0.39, 0.29) is 17.8 Å². The summed E-state index contributed by atoms with van der Waals surface area (Å²) in [5.74, 6) is -1.75. The number of morpholine rings is 2. The Hall–Kier alpha value is -5.74. The summed E-state index contributed by atoms with van der Waals surface area (Å²) in [5, 5.41) is 21.4. The van der Waals surface area contributed by atoms with E-state index in [9.17, 15) is 29.4 Å². The number of aromatic hydroxyl groups is 2. The highest BCUT2D eigenvalue weighted by atomic mass is 35.5. The highest BCUT2D eigenvalue weighted by Crippen LogP contribution is 2.40. The van der Waals surface area contributed by atoms with Crippen molar-refractivity contribution in [2.24, 2.45) is 0 Å². The minimum atomic E-state index is -0.838. The second-order valence-electron chi connectivity index (χ2n) is 14.0. The maximum Gasteiger partial charge on any atom is 0.360 e. The zero-order chi connectivity index (χ0) is 40.7. The van der Waals surface area contributed by atoms with Crippen molar-refractivity contribution in [3.8, 4) is 34.3 Å². The highest BCUT2D eigenvalue weighted by molar-refractivity contribution is 6.42. The molecule has 0 bridgehead atoms. The first-order valence-electron chi connectivity index (χ1n) is 18.7. The van der Waals surface area contributed by atoms with Gasteiger partial charge in [-0.1, -0.05) is 53.5 Å². The summed E-state index contributed by atoms with van der Waals surface area (Å²) in [5.41, 5.74) is 4.42. The van der Waals surface area contributed by atoms with Gasteiger partial charge < -0.3 is 34.2 Å². The minimum absolute atomic E-state index is 0.0688. The number of methoxy groups -OCH3 is 1. The fourth-order valence-corrected chi connectivity index (χ4v) is 8.02. The number of ketones is 1. The van der Waals surface area contributed by atoms with Crippen LogP contribution in [0, 0.1) is 0 Å². The third kappa shape index (κ3) is 7.19. The van der Waals surface area contributed by atoms with E-state index in [0.29, 0.717) is 67.6 Å². The fourth-order valence-electron chi connectivity index (χ4n) is 7.70. The van der Waals surface area contributed by atoms with Crippen LogP contribution in [0.25, 0.3) is 22.8 Å². The zero-order valence-corrected chi connectivity index (χ0v) is 32.9. The number of carbonyl (C=O) groups excluding carboxylic acids is 2. The van der Waals surface area contributed by atoms with E-state index in [1.165, 1.54) is 16.2 Å². The van der Waals surface area contributed by atoms with Crippen LogP contribution in [0.3, 0.4) is 0 Å². The standard InChI is InChI=1S/C24H21Cl2N3O4.C17H17N3O5/c25-16-6-4-14(12-17(16)26)5-7-19(30)21-22(31)24(32)29-13-15-2-1-3-18(20(15)23(29)27-21)28-8-10-33-11-9-28;1-24-17(23)13-14(21)16(22)20-9-10-3-2-4-11(12(10)15(20)18-13)19-5-7-25-8-6-19/h1-4,6,12,31H,5,7-11,13H2;2-4,21H,5-9H2,1H3. The zero-order valence-electron chi connectivity index (χ0n) is 31.4. The molecule has 15 nitrogen and oxygen atoms in total. The Morgan fingerprint density at radius 1 is 0.724 bits per heavy atom. The van der Waals surface area contributed by atoms with Gasteiger partial charge in [0.1, 0.15) is 11.6 Å². The van der Waals surface area contributed by atoms with Gasteiger partial charge in [-0.2, -0.15) is 0 Å². The number of aryl methyl sites for hydroxylation is 1. The molecule has 6 heterocycles. The number of hydrogen-bond donors (Lipinski definition) is 2. The number of anilines is 2. The molecule has 2 N–H and O–H groups in total. The van der Waals surface area contributed by atoms with Crippen molar-refractivity contribution in [3.05, 3.63) is 113 Å². The number of esters is 1. The molecule has 3 aromatic carbocycles. The molecule has 4 aliphatic rings. The number of rotatable bonds is 7. The Morgan fingerprint density at radius 3 is 1.72 bits per heavy atom. The molecule has 2 saturated heterocycles. The molecule has 0 saturated carbocycles. The summed E-state index contributed by atoms with van der Waals surface area (Å²) in [6, 6.07) is 16.9. The van der Waals surface area contributed by atoms with E-state index in [4.69, 9.17) is 32.7 Å². The molecule has 0 atom stereocenters. The number of halogens is 2. The predicted octanol–water partition coefficient (Wildman–Crippen LogP) is 4.54. The number of hydrogen-bond acceptors (Lipinski definition) is 13. The largest absolute Gasteiger partial charge is 0.501 e. The lowest BCUT2D eigenvalue weighted by Crippen LogP contribution is -2.36. The molecule has 0 amide bonds. The number of aromatic nitrogens is 4. The van der Waals surface area contributed by atoms with Gasteiger partial charge in [0, 0.05) is 55.1 Å². The van der Waals surface area contributed by atoms with Crippen LogP contribution >= 0.6 is 23.2 Å². The second-order valence-corrected chi connectivity index (χ2v) is 14.8. The normalized spacial score (nSPS) is 15.2. The minimum Gasteiger partial charge on any atom is -0.501 e. The van der Waals surface area contributed by atoms with Crippen LogP contribution in [0.5, 0.6) is 11.5 Å². The molecule has 0 aliphatic carbocycles. The van der Waals surface area contributed by atoms with Crippen molar-refractivity contribution in [1.29, 1.82) is 0 Å². The van der Waals surface area contributed by atoms with Gasteiger partial charge in [-0.05, 0) is 47.4 Å². The molecule has 17 heteroatoms. The lowest BCUT2D eigenvalue weighted by atomic mass is 10.0. The first kappa shape index (κ1) is 39.1. The van der Waals surface area contributed by atoms with Crippen LogP contribution in [-0.2, 0) is 33.7 Å². The molecule has 9 rings (SSSR count). The molecule has 58 heavy (non-hydrogen) atoms. The SMILES string of the molecule is COC(=O)c1nc2n(c(=O)c1O)Cc1cccc(N3CCOCC3)c1-2.O=C(CCc1ccc(Cl)c(Cl)c1)c1nc2n(c(=O)c1O)Cc1cccc(N3CCOCC3)c1-2. The summed E-state index contributed by atoms with van der Waals surface area (Å²) in [6.45, 7) is 6.06. The maximum absolute atomic E-state index is 13.0. The van der Waals surface area contributed by atoms with Crippen molar-refractivity contribution in [2.75, 3.05) is 69.5 Å². The van der Waals surface area contributed by atoms with Crippen molar-refractivity contribution in [2.45, 2.75) is 25.9 Å². The summed E-state index contributed by atoms with van der Waals surface area (Å²) < 4.78 is 18.3. The number of Topliss-reactive ketones (excluding diaryl/α,β-unsaturated/α-hetero) is 1. The lowest BCUT2D eigenvalue weighted by Gasteiger charge is -2.30. The van der Waals surface area contributed by atoms with Crippen LogP contribution in [0.2, 0.25) is 10.0 Å². The Labute approximate surface area is 341 Å². The number of carbonyl (C=O) groups is 2. The topological polar surface area (TPSA) is 179 Å². The summed E-state index contributed by atoms with van der Waals surface area (Å²) in [7, 11) is 1.18. The van der Waals surface area contributed by atoms with Crippen molar-refractivity contribution in [3.63, 3.8) is 0 Å². The molecule has 5 aromatic rings. The van der Waals surface area contributed by atoms with Crippen LogP contribution in [0.4, 0.5) is 11.4 Å². The number of ether oxygens (including phenoxy) is 3. The van der Waals surface area contributed by atoms with Crippen LogP contribution in [-0.4, -0.2) is 101 Å². The van der Waals surface area contributed by atoms with Gasteiger partial charge in [-0.15, -0.1) is 0 Å². The highest BCUT2D eigenvalue weighted by Gasteiger charge is 2.32. The summed E-state index contributed by atoms with van der Waals surface area (Å²) >= 11 is 12.0. The van der Waals surface area contributed by atoms with Gasteiger partial charge in [0.05, 0.1) is 56.7 Å². The number of benzene rings is 3. The van der Waals surface area contributed by atoms with E-state index >= 15 is 0 Å². The van der Waals surface area contributed by atoms with Crippen LogP contribution in [0.1, 0.15) is 44.1 Å². The Balaban J connectivity index is 0.000000168. The van der Waals surface area contributed by atoms with Crippen molar-refractivity contribution < 1.29 is 34.0 Å². The maximum atomic E-state index is 13.0. The van der Waals surface area contributed by atoms with Gasteiger partial charge in [0.15, 0.2) is 17.2 Å². The van der Waals surface area contributed by atoms with Crippen molar-refractivity contribution in [1.82, 2.24) is 19.1 Å². The van der Waals surface area contributed by atoms with E-state index in [1.54, 1.807) is 18.2 Å². The molecule has 4 aliphatic heterocycles. The average molecular weight is 830 g/mol. The fraction of sp³-hybridized carbons (Fsp3) is 0.317. The molecule has 2 aromatic heterocycles. The molecule has 0 spiro atoms. The van der Waals surface area contributed by atoms with E-state index in [0.717, 1.165) is 65.4 Å². The first-order valence-corrected chi connectivity index (χ1v) is 19.4. The quantitative estimate of drug-likeness (QED) is 0.169. The molecule has 2 fully saturated rings. The molecular formula is C41H38Cl2N6O9. The number of nitrogens with zero attached hydrogens (tertiary/aromatic N) is 6. The lowest BCUT2D eigenvalue weighted by molar-refractivity contribution is 0.0589. The third-order valence-electron chi connectivity index (χ3n) is 10.6. The van der Waals surface area contributed by atoms with Gasteiger partial charge in [-0.3, -0.25) is 23.5 Å². The Kier molecular flexibility index (Phi) is 11.0. The van der Waals surface area contributed by atoms with Crippen molar-refractivity contribution >= 4 is 46.3 Å². The van der Waals surface area contributed by atoms with E-state index in [1.807, 2.05) is 36.4 Å². The summed E-state index contributed by atoms with van der Waals surface area (Å²) in [6.07, 6.45) is 0.449. The monoisotopic (exact) mass is 828 g/mol. The van der Waals surface area contributed by atoms with Gasteiger partial charge in [0.2, 0.25) is 11.5 Å². The molecular weight excluding hydrogens is 791 g/mol. The molecule has 0 radical (unpaired) electrons. The molecule has 0 unspecified atom stereocenters. The third-order valence-corrected chi connectivity index (χ3v) is 11.4. The summed E-state index contributed by atoms with van der Waals surface area (Å²) in [4.78, 5) is 63.4. The van der Waals surface area contributed by atoms with Crippen LogP contribution < -0.4 is 20.9 Å². The van der Waals surface area contributed by atoms with Gasteiger partial charge >= 0.3 is 5.97 Å². The average Bonchev–Trinajstić information content (AvgIpc) is 3.83. The Bertz CT molecular complexity index is 2580. The number of fused-ring (bicyclic) bond motifs is 6. The van der Waals surface area contributed by atoms with Gasteiger partial charge in [0.25, 0.3) is 11.1 Å².